The zero-order valence-corrected chi connectivity index (χ0v) is 22.6. The summed E-state index contributed by atoms with van der Waals surface area (Å²) in [7, 11) is 2.04. The van der Waals surface area contributed by atoms with Gasteiger partial charge in [-0.1, -0.05) is 6.07 Å². The number of halogens is 2. The van der Waals surface area contributed by atoms with Gasteiger partial charge in [0.25, 0.3) is 0 Å². The third-order valence-corrected chi connectivity index (χ3v) is 6.99. The molecule has 0 radical (unpaired) electrons. The number of nitrogens with zero attached hydrogens (tertiary/aromatic N) is 6. The number of fused-ring (bicyclic) bond motifs is 1. The standard InChI is InChI=1S/C28H32F2N8O3/c1-36-9-10-37(15-20(36)17-39)8-3-11-41-21-6-7-22-25(12-21)31-18-32-28(22)34-19-13-33-38(14-19)16-26(40)35-24-5-2-4-23(29)27(24)30/h2,4-7,12-14,18,20,39H,3,8-11,15-17H2,1H3,(H,35,40)(H,31,32,34). The monoisotopic (exact) mass is 566 g/mol. The normalized spacial score (nSPS) is 16.1. The lowest BCUT2D eigenvalue weighted by atomic mass is 10.2. The minimum atomic E-state index is -1.12. The molecule has 1 atom stereocenters. The van der Waals surface area contributed by atoms with Crippen molar-refractivity contribution in [1.29, 1.82) is 0 Å². The van der Waals surface area contributed by atoms with Gasteiger partial charge in [-0.05, 0) is 37.7 Å². The number of carbonyl (C=O) groups excluding carboxylic acids is 1. The molecular weight excluding hydrogens is 534 g/mol. The molecule has 4 aromatic rings. The predicted octanol–water partition coefficient (Wildman–Crippen LogP) is 2.86. The van der Waals surface area contributed by atoms with Gasteiger partial charge in [0, 0.05) is 49.9 Å². The summed E-state index contributed by atoms with van der Waals surface area (Å²) in [5.41, 5.74) is 1.05. The lowest BCUT2D eigenvalue weighted by Crippen LogP contribution is -2.53. The molecular formula is C28H32F2N8O3. The fourth-order valence-electron chi connectivity index (χ4n) is 4.70. The number of piperazine rings is 1. The van der Waals surface area contributed by atoms with Gasteiger partial charge in [0.05, 0.1) is 36.3 Å². The number of hydrogen-bond donors (Lipinski definition) is 3. The molecule has 0 saturated carbocycles. The molecule has 11 nitrogen and oxygen atoms in total. The van der Waals surface area contributed by atoms with E-state index in [0.29, 0.717) is 29.4 Å². The maximum absolute atomic E-state index is 13.8. The van der Waals surface area contributed by atoms with Crippen LogP contribution in [0.15, 0.2) is 55.1 Å². The van der Waals surface area contributed by atoms with Crippen LogP contribution in [0.2, 0.25) is 0 Å². The number of anilines is 3. The Kier molecular flexibility index (Phi) is 8.97. The SMILES string of the molecule is CN1CCN(CCCOc2ccc3c(Nc4cnn(CC(=O)Nc5cccc(F)c5F)c4)ncnc3c2)CC1CO. The van der Waals surface area contributed by atoms with Crippen LogP contribution in [0.3, 0.4) is 0 Å². The second kappa shape index (κ2) is 13.0. The molecule has 216 valence electrons. The highest BCUT2D eigenvalue weighted by Gasteiger charge is 2.23. The first-order valence-corrected chi connectivity index (χ1v) is 13.3. The number of aliphatic hydroxyl groups is 1. The van der Waals surface area contributed by atoms with Crippen LogP contribution in [0.5, 0.6) is 5.75 Å². The fourth-order valence-corrected chi connectivity index (χ4v) is 4.70. The molecule has 13 heteroatoms. The maximum atomic E-state index is 13.8. The predicted molar refractivity (Wildman–Crippen MR) is 150 cm³/mol. The molecule has 5 rings (SSSR count). The molecule has 1 amide bonds. The van der Waals surface area contributed by atoms with Crippen molar-refractivity contribution in [3.05, 3.63) is 66.8 Å². The highest BCUT2D eigenvalue weighted by molar-refractivity contribution is 5.92. The van der Waals surface area contributed by atoms with E-state index in [9.17, 15) is 18.7 Å². The van der Waals surface area contributed by atoms with E-state index in [1.807, 2.05) is 25.2 Å². The Bertz CT molecular complexity index is 1500. The lowest BCUT2D eigenvalue weighted by Gasteiger charge is -2.38. The van der Waals surface area contributed by atoms with E-state index < -0.39 is 17.5 Å². The van der Waals surface area contributed by atoms with Crippen molar-refractivity contribution in [2.24, 2.45) is 0 Å². The molecule has 1 aliphatic rings. The van der Waals surface area contributed by atoms with Gasteiger partial charge in [-0.15, -0.1) is 0 Å². The van der Waals surface area contributed by atoms with Gasteiger partial charge in [-0.25, -0.2) is 18.7 Å². The number of hydrogen-bond acceptors (Lipinski definition) is 9. The van der Waals surface area contributed by atoms with Gasteiger partial charge in [0.15, 0.2) is 11.6 Å². The van der Waals surface area contributed by atoms with E-state index in [-0.39, 0.29) is 24.9 Å². The van der Waals surface area contributed by atoms with Crippen molar-refractivity contribution >= 4 is 34.0 Å². The second-order valence-electron chi connectivity index (χ2n) is 9.92. The van der Waals surface area contributed by atoms with Crippen molar-refractivity contribution in [3.63, 3.8) is 0 Å². The Balaban J connectivity index is 1.14. The number of ether oxygens (including phenoxy) is 1. The number of carbonyl (C=O) groups is 1. The van der Waals surface area contributed by atoms with E-state index in [4.69, 9.17) is 4.74 Å². The Morgan fingerprint density at radius 2 is 2.07 bits per heavy atom. The van der Waals surface area contributed by atoms with Gasteiger partial charge in [-0.2, -0.15) is 5.10 Å². The molecule has 1 aliphatic heterocycles. The third kappa shape index (κ3) is 7.12. The van der Waals surface area contributed by atoms with Crippen LogP contribution in [0.25, 0.3) is 10.9 Å². The van der Waals surface area contributed by atoms with Gasteiger partial charge >= 0.3 is 0 Å². The van der Waals surface area contributed by atoms with Crippen LogP contribution in [0.4, 0.5) is 26.0 Å². The fraction of sp³-hybridized carbons (Fsp3) is 0.357. The zero-order valence-electron chi connectivity index (χ0n) is 22.6. The number of nitrogens with one attached hydrogen (secondary N) is 2. The van der Waals surface area contributed by atoms with E-state index in [1.165, 1.54) is 29.3 Å². The topological polar surface area (TPSA) is 121 Å². The van der Waals surface area contributed by atoms with Crippen LogP contribution in [0, 0.1) is 11.6 Å². The number of amides is 1. The van der Waals surface area contributed by atoms with E-state index in [2.05, 4.69) is 35.5 Å². The Morgan fingerprint density at radius 3 is 2.93 bits per heavy atom. The minimum absolute atomic E-state index is 0.166. The van der Waals surface area contributed by atoms with E-state index in [0.717, 1.165) is 44.1 Å². The smallest absolute Gasteiger partial charge is 0.246 e. The van der Waals surface area contributed by atoms with Crippen molar-refractivity contribution in [3.8, 4) is 5.75 Å². The van der Waals surface area contributed by atoms with Gasteiger partial charge in [-0.3, -0.25) is 14.4 Å². The molecule has 0 bridgehead atoms. The summed E-state index contributed by atoms with van der Waals surface area (Å²) in [5, 5.41) is 20.0. The Labute approximate surface area is 235 Å². The number of rotatable bonds is 11. The first kappa shape index (κ1) is 28.3. The number of aliphatic hydroxyl groups excluding tert-OH is 1. The van der Waals surface area contributed by atoms with Gasteiger partial charge in [0.2, 0.25) is 5.91 Å². The molecule has 1 unspecified atom stereocenters. The third-order valence-electron chi connectivity index (χ3n) is 6.99. The first-order valence-electron chi connectivity index (χ1n) is 13.3. The Hall–Kier alpha value is -4.20. The molecule has 0 aliphatic carbocycles. The molecule has 41 heavy (non-hydrogen) atoms. The summed E-state index contributed by atoms with van der Waals surface area (Å²) >= 11 is 0. The van der Waals surface area contributed by atoms with Crippen molar-refractivity contribution in [2.75, 3.05) is 57.1 Å². The summed E-state index contributed by atoms with van der Waals surface area (Å²) in [4.78, 5) is 25.6. The van der Waals surface area contributed by atoms with E-state index >= 15 is 0 Å². The summed E-state index contributed by atoms with van der Waals surface area (Å²) in [6.07, 6.45) is 5.46. The van der Waals surface area contributed by atoms with Gasteiger partial charge in [0.1, 0.15) is 24.4 Å². The number of likely N-dealkylation sites (N-methyl/N-ethyl adjacent to an activating group) is 1. The molecule has 3 N–H and O–H groups in total. The molecule has 0 spiro atoms. The molecule has 1 fully saturated rings. The average molecular weight is 567 g/mol. The molecule has 2 aromatic heterocycles. The maximum Gasteiger partial charge on any atom is 0.246 e. The highest BCUT2D eigenvalue weighted by Crippen LogP contribution is 2.26. The minimum Gasteiger partial charge on any atom is -0.493 e. The second-order valence-corrected chi connectivity index (χ2v) is 9.92. The number of benzene rings is 2. The molecule has 2 aromatic carbocycles. The zero-order chi connectivity index (χ0) is 28.8. The van der Waals surface area contributed by atoms with Crippen LogP contribution < -0.4 is 15.4 Å². The van der Waals surface area contributed by atoms with Gasteiger partial charge < -0.3 is 25.4 Å². The van der Waals surface area contributed by atoms with Crippen LogP contribution >= 0.6 is 0 Å². The Morgan fingerprint density at radius 1 is 1.20 bits per heavy atom. The van der Waals surface area contributed by atoms with Crippen LogP contribution in [-0.2, 0) is 11.3 Å². The summed E-state index contributed by atoms with van der Waals surface area (Å²) in [6, 6.07) is 9.36. The molecule has 3 heterocycles. The summed E-state index contributed by atoms with van der Waals surface area (Å²) in [6.45, 7) is 4.23. The van der Waals surface area contributed by atoms with Crippen molar-refractivity contribution < 1.29 is 23.4 Å². The highest BCUT2D eigenvalue weighted by atomic mass is 19.2. The summed E-state index contributed by atoms with van der Waals surface area (Å²) in [5.74, 6) is -1.44. The number of aromatic nitrogens is 4. The summed E-state index contributed by atoms with van der Waals surface area (Å²) < 4.78 is 34.6. The lowest BCUT2D eigenvalue weighted by molar-refractivity contribution is -0.116. The van der Waals surface area contributed by atoms with E-state index in [1.54, 1.807) is 6.20 Å². The first-order chi connectivity index (χ1) is 19.9. The molecule has 1 saturated heterocycles. The van der Waals surface area contributed by atoms with Crippen LogP contribution in [0.1, 0.15) is 6.42 Å². The van der Waals surface area contributed by atoms with Crippen LogP contribution in [-0.4, -0.2) is 93.0 Å². The quantitative estimate of drug-likeness (QED) is 0.235. The van der Waals surface area contributed by atoms with Crippen molar-refractivity contribution in [1.82, 2.24) is 29.5 Å². The largest absolute Gasteiger partial charge is 0.493 e. The average Bonchev–Trinajstić information content (AvgIpc) is 3.40. The van der Waals surface area contributed by atoms with Crippen molar-refractivity contribution in [2.45, 2.75) is 19.0 Å².